The predicted octanol–water partition coefficient (Wildman–Crippen LogP) is 1.82. The van der Waals surface area contributed by atoms with Crippen LogP contribution < -0.4 is 5.32 Å². The lowest BCUT2D eigenvalue weighted by atomic mass is 10.1. The molecule has 1 aromatic rings. The molecular weight excluding hydrogens is 250 g/mol. The van der Waals surface area contributed by atoms with Crippen LogP contribution in [0.5, 0.6) is 0 Å². The Morgan fingerprint density at radius 3 is 3.10 bits per heavy atom. The first kappa shape index (κ1) is 13.4. The highest BCUT2D eigenvalue weighted by atomic mass is 16.2. The second-order valence-corrected chi connectivity index (χ2v) is 6.11. The molecule has 2 aliphatic heterocycles. The van der Waals surface area contributed by atoms with E-state index >= 15 is 0 Å². The van der Waals surface area contributed by atoms with Gasteiger partial charge in [0.25, 0.3) is 5.91 Å². The highest BCUT2D eigenvalue weighted by Gasteiger charge is 2.30. The fraction of sp³-hybridized carbons (Fsp3) is 0.562. The number of carbonyl (C=O) groups is 1. The first-order valence-corrected chi connectivity index (χ1v) is 7.47. The molecule has 1 amide bonds. The van der Waals surface area contributed by atoms with Gasteiger partial charge < -0.3 is 15.1 Å². The molecule has 0 aromatic heterocycles. The number of nitrogens with one attached hydrogen (secondary N) is 1. The van der Waals surface area contributed by atoms with Gasteiger partial charge in [-0.2, -0.15) is 0 Å². The number of hydrogen-bond acceptors (Lipinski definition) is 3. The zero-order chi connectivity index (χ0) is 14.1. The van der Waals surface area contributed by atoms with Gasteiger partial charge in [-0.15, -0.1) is 0 Å². The molecule has 4 heteroatoms. The summed E-state index contributed by atoms with van der Waals surface area (Å²) in [7, 11) is 4.14. The van der Waals surface area contributed by atoms with Crippen LogP contribution in [0.25, 0.3) is 0 Å². The Balaban J connectivity index is 1.78. The summed E-state index contributed by atoms with van der Waals surface area (Å²) in [5.41, 5.74) is 3.29. The van der Waals surface area contributed by atoms with Crippen LogP contribution in [-0.2, 0) is 6.42 Å². The molecule has 1 fully saturated rings. The van der Waals surface area contributed by atoms with E-state index in [2.05, 4.69) is 35.3 Å². The smallest absolute Gasteiger partial charge is 0.254 e. The molecule has 1 unspecified atom stereocenters. The van der Waals surface area contributed by atoms with Gasteiger partial charge in [-0.05, 0) is 51.1 Å². The number of carbonyl (C=O) groups excluding carboxylic acids is 1. The molecule has 0 bridgehead atoms. The lowest BCUT2D eigenvalue weighted by Gasteiger charge is -2.27. The Morgan fingerprint density at radius 2 is 2.30 bits per heavy atom. The third-order valence-electron chi connectivity index (χ3n) is 4.28. The minimum absolute atomic E-state index is 0.186. The van der Waals surface area contributed by atoms with Gasteiger partial charge in [0.2, 0.25) is 0 Å². The van der Waals surface area contributed by atoms with Crippen molar-refractivity contribution in [3.8, 4) is 0 Å². The van der Waals surface area contributed by atoms with Crippen LogP contribution in [-0.4, -0.2) is 55.5 Å². The van der Waals surface area contributed by atoms with E-state index in [9.17, 15) is 4.79 Å². The zero-order valence-corrected chi connectivity index (χ0v) is 12.4. The van der Waals surface area contributed by atoms with Crippen LogP contribution in [0.3, 0.4) is 0 Å². The second-order valence-electron chi connectivity index (χ2n) is 6.11. The van der Waals surface area contributed by atoms with Gasteiger partial charge in [-0.3, -0.25) is 4.79 Å². The molecule has 2 aliphatic rings. The van der Waals surface area contributed by atoms with Gasteiger partial charge in [-0.1, -0.05) is 6.07 Å². The number of benzene rings is 1. The second kappa shape index (κ2) is 5.44. The third-order valence-corrected chi connectivity index (χ3v) is 4.28. The van der Waals surface area contributed by atoms with E-state index in [0.717, 1.165) is 50.1 Å². The van der Waals surface area contributed by atoms with E-state index in [1.54, 1.807) is 0 Å². The number of nitrogens with zero attached hydrogens (tertiary/aromatic N) is 2. The van der Waals surface area contributed by atoms with E-state index in [0.29, 0.717) is 6.04 Å². The van der Waals surface area contributed by atoms with Crippen LogP contribution in [0.1, 0.15) is 28.8 Å². The topological polar surface area (TPSA) is 35.6 Å². The summed E-state index contributed by atoms with van der Waals surface area (Å²) in [6.45, 7) is 2.83. The summed E-state index contributed by atoms with van der Waals surface area (Å²) < 4.78 is 0. The van der Waals surface area contributed by atoms with E-state index in [4.69, 9.17) is 0 Å². The Labute approximate surface area is 120 Å². The zero-order valence-electron chi connectivity index (χ0n) is 12.4. The molecule has 0 radical (unpaired) electrons. The van der Waals surface area contributed by atoms with Crippen molar-refractivity contribution < 1.29 is 4.79 Å². The Hall–Kier alpha value is -1.55. The maximum atomic E-state index is 12.7. The first-order chi connectivity index (χ1) is 9.65. The molecule has 2 heterocycles. The number of hydrogen-bond donors (Lipinski definition) is 1. The standard InChI is InChI=1S/C16H23N3O/c1-18(2)11-14-4-3-9-19(14)16(20)13-6-5-12-7-8-17-15(12)10-13/h5-6,10,14,17H,3-4,7-9,11H2,1-2H3. The first-order valence-electron chi connectivity index (χ1n) is 7.47. The molecule has 3 rings (SSSR count). The number of likely N-dealkylation sites (tertiary alicyclic amines) is 1. The van der Waals surface area contributed by atoms with Crippen LogP contribution in [0, 0.1) is 0 Å². The van der Waals surface area contributed by atoms with Crippen molar-refractivity contribution >= 4 is 11.6 Å². The minimum atomic E-state index is 0.186. The van der Waals surface area contributed by atoms with Crippen LogP contribution in [0.15, 0.2) is 18.2 Å². The van der Waals surface area contributed by atoms with E-state index in [1.165, 1.54) is 5.56 Å². The van der Waals surface area contributed by atoms with Crippen LogP contribution in [0.2, 0.25) is 0 Å². The van der Waals surface area contributed by atoms with Crippen LogP contribution >= 0.6 is 0 Å². The van der Waals surface area contributed by atoms with Crippen LogP contribution in [0.4, 0.5) is 5.69 Å². The summed E-state index contributed by atoms with van der Waals surface area (Å²) in [6, 6.07) is 6.47. The highest BCUT2D eigenvalue weighted by molar-refractivity contribution is 5.96. The highest BCUT2D eigenvalue weighted by Crippen LogP contribution is 2.26. The predicted molar refractivity (Wildman–Crippen MR) is 81.2 cm³/mol. The van der Waals surface area contributed by atoms with E-state index < -0.39 is 0 Å². The third kappa shape index (κ3) is 2.52. The van der Waals surface area contributed by atoms with Gasteiger partial charge in [0.05, 0.1) is 0 Å². The minimum Gasteiger partial charge on any atom is -0.384 e. The molecular formula is C16H23N3O. The maximum Gasteiger partial charge on any atom is 0.254 e. The SMILES string of the molecule is CN(C)CC1CCCN1C(=O)c1ccc2c(c1)NCC2. The maximum absolute atomic E-state index is 12.7. The van der Waals surface area contributed by atoms with Crippen molar-refractivity contribution in [1.82, 2.24) is 9.80 Å². The number of rotatable bonds is 3. The summed E-state index contributed by atoms with van der Waals surface area (Å²) >= 11 is 0. The Bertz CT molecular complexity index is 512. The molecule has 0 aliphatic carbocycles. The van der Waals surface area contributed by atoms with Crippen molar-refractivity contribution in [2.75, 3.05) is 39.0 Å². The normalized spacial score (nSPS) is 21.1. The van der Waals surface area contributed by atoms with Gasteiger partial charge in [0.15, 0.2) is 0 Å². The molecule has 1 aromatic carbocycles. The van der Waals surface area contributed by atoms with Gasteiger partial charge in [0.1, 0.15) is 0 Å². The largest absolute Gasteiger partial charge is 0.384 e. The van der Waals surface area contributed by atoms with E-state index in [-0.39, 0.29) is 5.91 Å². The van der Waals surface area contributed by atoms with Gasteiger partial charge >= 0.3 is 0 Å². The summed E-state index contributed by atoms with van der Waals surface area (Å²) in [5.74, 6) is 0.186. The molecule has 1 saturated heterocycles. The fourth-order valence-electron chi connectivity index (χ4n) is 3.30. The lowest BCUT2D eigenvalue weighted by Crippen LogP contribution is -2.41. The molecule has 0 spiro atoms. The van der Waals surface area contributed by atoms with Crippen molar-refractivity contribution in [2.24, 2.45) is 0 Å². The lowest BCUT2D eigenvalue weighted by molar-refractivity contribution is 0.0716. The van der Waals surface area contributed by atoms with Crippen molar-refractivity contribution in [1.29, 1.82) is 0 Å². The van der Waals surface area contributed by atoms with Gasteiger partial charge in [0, 0.05) is 36.9 Å². The number of fused-ring (bicyclic) bond motifs is 1. The van der Waals surface area contributed by atoms with Crippen molar-refractivity contribution in [3.05, 3.63) is 29.3 Å². The number of amides is 1. The molecule has 1 atom stereocenters. The molecule has 1 N–H and O–H groups in total. The van der Waals surface area contributed by atoms with Crippen molar-refractivity contribution in [2.45, 2.75) is 25.3 Å². The average molecular weight is 273 g/mol. The molecule has 0 saturated carbocycles. The molecule has 4 nitrogen and oxygen atoms in total. The van der Waals surface area contributed by atoms with Gasteiger partial charge in [-0.25, -0.2) is 0 Å². The molecule has 20 heavy (non-hydrogen) atoms. The van der Waals surface area contributed by atoms with Crippen molar-refractivity contribution in [3.63, 3.8) is 0 Å². The Morgan fingerprint density at radius 1 is 1.45 bits per heavy atom. The molecule has 108 valence electrons. The Kier molecular flexibility index (Phi) is 3.66. The summed E-state index contributed by atoms with van der Waals surface area (Å²) in [5, 5.41) is 3.35. The monoisotopic (exact) mass is 273 g/mol. The quantitative estimate of drug-likeness (QED) is 0.912. The summed E-state index contributed by atoms with van der Waals surface area (Å²) in [6.07, 6.45) is 3.30. The number of anilines is 1. The summed E-state index contributed by atoms with van der Waals surface area (Å²) in [4.78, 5) is 16.9. The fourth-order valence-corrected chi connectivity index (χ4v) is 3.30. The van der Waals surface area contributed by atoms with E-state index in [1.807, 2.05) is 12.1 Å². The average Bonchev–Trinajstić information content (AvgIpc) is 3.04. The number of likely N-dealkylation sites (N-methyl/N-ethyl adjacent to an activating group) is 1.